The molecule has 0 aliphatic heterocycles. The Morgan fingerprint density at radius 3 is 1.86 bits per heavy atom. The van der Waals surface area contributed by atoms with Gasteiger partial charge in [-0.05, 0) is 44.9 Å². The molecule has 0 aromatic rings. The van der Waals surface area contributed by atoms with Crippen LogP contribution in [0.15, 0.2) is 0 Å². The Kier molecular flexibility index (Phi) is 9.80. The van der Waals surface area contributed by atoms with Crippen molar-refractivity contribution in [2.75, 3.05) is 6.61 Å². The second-order valence-corrected chi connectivity index (χ2v) is 7.65. The maximum absolute atomic E-state index is 6.66. The normalized spacial score (nSPS) is 18.3. The van der Waals surface area contributed by atoms with E-state index in [1.807, 2.05) is 0 Å². The predicted molar refractivity (Wildman–Crippen MR) is 92.7 cm³/mol. The molecular formula is C19H40O2. The Morgan fingerprint density at radius 1 is 0.905 bits per heavy atom. The zero-order valence-electron chi connectivity index (χ0n) is 16.0. The first kappa shape index (κ1) is 20.9. The molecule has 0 aromatic carbocycles. The Labute approximate surface area is 134 Å². The van der Waals surface area contributed by atoms with E-state index in [0.29, 0.717) is 30.0 Å². The summed E-state index contributed by atoms with van der Waals surface area (Å²) in [4.78, 5) is 0. The van der Waals surface area contributed by atoms with Crippen molar-refractivity contribution < 1.29 is 9.47 Å². The molecular weight excluding hydrogens is 260 g/mol. The van der Waals surface area contributed by atoms with Crippen LogP contribution in [0.4, 0.5) is 0 Å². The maximum Gasteiger partial charge on any atom is 0.0756 e. The molecule has 0 bridgehead atoms. The SMILES string of the molecule is CCC(C)C(CCOC(C)C)(OC(C)CC(C)C)C(C)C. The van der Waals surface area contributed by atoms with Crippen LogP contribution in [0.3, 0.4) is 0 Å². The van der Waals surface area contributed by atoms with Crippen LogP contribution in [0, 0.1) is 17.8 Å². The summed E-state index contributed by atoms with van der Waals surface area (Å²) < 4.78 is 12.5. The van der Waals surface area contributed by atoms with E-state index >= 15 is 0 Å². The lowest BCUT2D eigenvalue weighted by Crippen LogP contribution is -2.48. The minimum Gasteiger partial charge on any atom is -0.379 e. The molecule has 0 aromatic heterocycles. The van der Waals surface area contributed by atoms with Crippen molar-refractivity contribution in [2.24, 2.45) is 17.8 Å². The van der Waals surface area contributed by atoms with Gasteiger partial charge in [-0.3, -0.25) is 0 Å². The van der Waals surface area contributed by atoms with Gasteiger partial charge in [-0.15, -0.1) is 0 Å². The summed E-state index contributed by atoms with van der Waals surface area (Å²) in [5, 5.41) is 0. The Hall–Kier alpha value is -0.0800. The van der Waals surface area contributed by atoms with E-state index in [0.717, 1.165) is 25.9 Å². The lowest BCUT2D eigenvalue weighted by Gasteiger charge is -2.45. The van der Waals surface area contributed by atoms with Crippen molar-refractivity contribution in [3.8, 4) is 0 Å². The molecule has 0 saturated heterocycles. The molecule has 0 aliphatic carbocycles. The van der Waals surface area contributed by atoms with E-state index in [9.17, 15) is 0 Å². The molecule has 2 nitrogen and oxygen atoms in total. The van der Waals surface area contributed by atoms with Gasteiger partial charge < -0.3 is 9.47 Å². The van der Waals surface area contributed by atoms with Crippen molar-refractivity contribution in [3.63, 3.8) is 0 Å². The molecule has 0 amide bonds. The highest BCUT2D eigenvalue weighted by Crippen LogP contribution is 2.38. The third-order valence-electron chi connectivity index (χ3n) is 4.59. The third kappa shape index (κ3) is 7.15. The summed E-state index contributed by atoms with van der Waals surface area (Å²) in [7, 11) is 0. The molecule has 0 heterocycles. The molecule has 2 heteroatoms. The van der Waals surface area contributed by atoms with Gasteiger partial charge in [0.25, 0.3) is 0 Å². The number of hydrogen-bond donors (Lipinski definition) is 0. The van der Waals surface area contributed by atoms with Crippen LogP contribution in [0.1, 0.15) is 81.6 Å². The molecule has 0 radical (unpaired) electrons. The highest BCUT2D eigenvalue weighted by Gasteiger charge is 2.40. The molecule has 21 heavy (non-hydrogen) atoms. The number of hydrogen-bond acceptors (Lipinski definition) is 2. The van der Waals surface area contributed by atoms with Crippen molar-refractivity contribution in [1.82, 2.24) is 0 Å². The van der Waals surface area contributed by atoms with Gasteiger partial charge in [0.15, 0.2) is 0 Å². The predicted octanol–water partition coefficient (Wildman–Crippen LogP) is 5.69. The summed E-state index contributed by atoms with van der Waals surface area (Å²) in [5.74, 6) is 1.72. The minimum absolute atomic E-state index is 0.0715. The van der Waals surface area contributed by atoms with Gasteiger partial charge in [0.1, 0.15) is 0 Å². The average Bonchev–Trinajstić information content (AvgIpc) is 2.34. The smallest absolute Gasteiger partial charge is 0.0756 e. The fourth-order valence-electron chi connectivity index (χ4n) is 3.30. The van der Waals surface area contributed by atoms with Gasteiger partial charge in [-0.2, -0.15) is 0 Å². The maximum atomic E-state index is 6.66. The fraction of sp³-hybridized carbons (Fsp3) is 1.00. The van der Waals surface area contributed by atoms with E-state index in [1.165, 1.54) is 0 Å². The largest absolute Gasteiger partial charge is 0.379 e. The molecule has 0 aliphatic rings. The summed E-state index contributed by atoms with van der Waals surface area (Å²) >= 11 is 0. The summed E-state index contributed by atoms with van der Waals surface area (Å²) in [6, 6.07) is 0. The van der Waals surface area contributed by atoms with E-state index in [4.69, 9.17) is 9.47 Å². The average molecular weight is 301 g/mol. The molecule has 0 N–H and O–H groups in total. The summed E-state index contributed by atoms with van der Waals surface area (Å²) in [5.41, 5.74) is -0.0715. The highest BCUT2D eigenvalue weighted by atomic mass is 16.5. The molecule has 0 rings (SSSR count). The summed E-state index contributed by atoms with van der Waals surface area (Å²) in [6.07, 6.45) is 3.85. The topological polar surface area (TPSA) is 18.5 Å². The second-order valence-electron chi connectivity index (χ2n) is 7.65. The van der Waals surface area contributed by atoms with Gasteiger partial charge in [-0.25, -0.2) is 0 Å². The lowest BCUT2D eigenvalue weighted by atomic mass is 9.75. The van der Waals surface area contributed by atoms with Crippen LogP contribution in [0.25, 0.3) is 0 Å². The lowest BCUT2D eigenvalue weighted by molar-refractivity contribution is -0.164. The van der Waals surface area contributed by atoms with Crippen LogP contribution in [-0.4, -0.2) is 24.4 Å². The van der Waals surface area contributed by atoms with Crippen molar-refractivity contribution >= 4 is 0 Å². The molecule has 0 fully saturated rings. The van der Waals surface area contributed by atoms with Crippen molar-refractivity contribution in [2.45, 2.75) is 99.4 Å². The Morgan fingerprint density at radius 2 is 1.48 bits per heavy atom. The van der Waals surface area contributed by atoms with E-state index in [-0.39, 0.29) is 5.60 Å². The molecule has 3 unspecified atom stereocenters. The van der Waals surface area contributed by atoms with Gasteiger partial charge in [0, 0.05) is 13.0 Å². The zero-order valence-corrected chi connectivity index (χ0v) is 16.0. The number of ether oxygens (including phenoxy) is 2. The standard InChI is InChI=1S/C19H40O2/c1-10-17(8)19(15(4)5,11-12-20-16(6)7)21-18(9)13-14(2)3/h14-18H,10-13H2,1-9H3. The van der Waals surface area contributed by atoms with Gasteiger partial charge >= 0.3 is 0 Å². The number of rotatable bonds is 11. The van der Waals surface area contributed by atoms with Crippen LogP contribution in [0.5, 0.6) is 0 Å². The van der Waals surface area contributed by atoms with Gasteiger partial charge in [-0.1, -0.05) is 48.0 Å². The molecule has 3 atom stereocenters. The summed E-state index contributed by atoms with van der Waals surface area (Å²) in [6.45, 7) is 20.9. The fourth-order valence-corrected chi connectivity index (χ4v) is 3.30. The van der Waals surface area contributed by atoms with Crippen molar-refractivity contribution in [1.29, 1.82) is 0 Å². The van der Waals surface area contributed by atoms with Crippen LogP contribution >= 0.6 is 0 Å². The van der Waals surface area contributed by atoms with Crippen LogP contribution in [0.2, 0.25) is 0 Å². The highest BCUT2D eigenvalue weighted by molar-refractivity contribution is 4.90. The second kappa shape index (κ2) is 9.84. The van der Waals surface area contributed by atoms with E-state index in [2.05, 4.69) is 62.3 Å². The zero-order chi connectivity index (χ0) is 16.6. The monoisotopic (exact) mass is 300 g/mol. The van der Waals surface area contributed by atoms with Crippen molar-refractivity contribution in [3.05, 3.63) is 0 Å². The van der Waals surface area contributed by atoms with E-state index < -0.39 is 0 Å². The Bertz CT molecular complexity index is 260. The Balaban J connectivity index is 5.01. The van der Waals surface area contributed by atoms with Gasteiger partial charge in [0.2, 0.25) is 0 Å². The van der Waals surface area contributed by atoms with Crippen LogP contribution in [-0.2, 0) is 9.47 Å². The first-order chi connectivity index (χ1) is 9.65. The van der Waals surface area contributed by atoms with E-state index in [1.54, 1.807) is 0 Å². The van der Waals surface area contributed by atoms with Gasteiger partial charge in [0.05, 0.1) is 17.8 Å². The quantitative estimate of drug-likeness (QED) is 0.488. The molecule has 0 spiro atoms. The molecule has 0 saturated carbocycles. The first-order valence-corrected chi connectivity index (χ1v) is 8.95. The minimum atomic E-state index is -0.0715. The molecule has 128 valence electrons. The first-order valence-electron chi connectivity index (χ1n) is 8.95. The van der Waals surface area contributed by atoms with Crippen LogP contribution < -0.4 is 0 Å². The third-order valence-corrected chi connectivity index (χ3v) is 4.59.